The molecular weight excluding hydrogens is 244 g/mol. The standard InChI is InChI=1S/C14H18N2OS/c1-10(12-4-6-14(17-3)7-5-12)15-8-13-9-18-11(2)16-13/h4-7,9-10,15H,8H2,1-3H3/t10-/m0/s1. The maximum atomic E-state index is 5.15. The summed E-state index contributed by atoms with van der Waals surface area (Å²) in [5.41, 5.74) is 2.36. The van der Waals surface area contributed by atoms with Crippen LogP contribution in [0.3, 0.4) is 0 Å². The van der Waals surface area contributed by atoms with Crippen molar-refractivity contribution in [2.75, 3.05) is 7.11 Å². The van der Waals surface area contributed by atoms with E-state index in [1.54, 1.807) is 18.4 Å². The Morgan fingerprint density at radius 1 is 1.33 bits per heavy atom. The lowest BCUT2D eigenvalue weighted by molar-refractivity contribution is 0.414. The Bertz CT molecular complexity index is 493. The Morgan fingerprint density at radius 2 is 2.06 bits per heavy atom. The van der Waals surface area contributed by atoms with Crippen LogP contribution in [0.15, 0.2) is 29.6 Å². The number of nitrogens with zero attached hydrogens (tertiary/aromatic N) is 1. The smallest absolute Gasteiger partial charge is 0.118 e. The molecular formula is C14H18N2OS. The van der Waals surface area contributed by atoms with E-state index in [9.17, 15) is 0 Å². The summed E-state index contributed by atoms with van der Waals surface area (Å²) in [6, 6.07) is 8.45. The molecule has 4 heteroatoms. The molecule has 0 spiro atoms. The highest BCUT2D eigenvalue weighted by atomic mass is 32.1. The van der Waals surface area contributed by atoms with E-state index in [-0.39, 0.29) is 0 Å². The molecule has 1 aromatic carbocycles. The zero-order valence-corrected chi connectivity index (χ0v) is 11.8. The SMILES string of the molecule is COc1ccc([C@H](C)NCc2csc(C)n2)cc1. The van der Waals surface area contributed by atoms with Gasteiger partial charge in [-0.3, -0.25) is 0 Å². The number of rotatable bonds is 5. The molecule has 0 saturated heterocycles. The van der Waals surface area contributed by atoms with Crippen LogP contribution >= 0.6 is 11.3 Å². The van der Waals surface area contributed by atoms with Crippen molar-refractivity contribution in [3.05, 3.63) is 45.9 Å². The van der Waals surface area contributed by atoms with Gasteiger partial charge in [-0.2, -0.15) is 0 Å². The Balaban J connectivity index is 1.92. The largest absolute Gasteiger partial charge is 0.497 e. The lowest BCUT2D eigenvalue weighted by Crippen LogP contribution is -2.18. The van der Waals surface area contributed by atoms with Gasteiger partial charge in [-0.05, 0) is 31.5 Å². The third-order valence-electron chi connectivity index (χ3n) is 2.87. The highest BCUT2D eigenvalue weighted by molar-refractivity contribution is 7.09. The number of aromatic nitrogens is 1. The summed E-state index contributed by atoms with van der Waals surface area (Å²) < 4.78 is 5.15. The van der Waals surface area contributed by atoms with Gasteiger partial charge in [0.2, 0.25) is 0 Å². The Morgan fingerprint density at radius 3 is 2.61 bits per heavy atom. The van der Waals surface area contributed by atoms with Gasteiger partial charge in [0.15, 0.2) is 0 Å². The Kier molecular flexibility index (Phi) is 4.33. The first-order chi connectivity index (χ1) is 8.69. The molecule has 0 aliphatic heterocycles. The van der Waals surface area contributed by atoms with Gasteiger partial charge in [0.25, 0.3) is 0 Å². The minimum absolute atomic E-state index is 0.304. The van der Waals surface area contributed by atoms with Crippen molar-refractivity contribution in [1.82, 2.24) is 10.3 Å². The molecule has 0 amide bonds. The van der Waals surface area contributed by atoms with Gasteiger partial charge in [0.05, 0.1) is 17.8 Å². The van der Waals surface area contributed by atoms with Crippen LogP contribution in [0.4, 0.5) is 0 Å². The molecule has 0 radical (unpaired) electrons. The second-order valence-corrected chi connectivity index (χ2v) is 5.30. The number of aryl methyl sites for hydroxylation is 1. The average Bonchev–Trinajstić information content (AvgIpc) is 2.82. The number of thiazole rings is 1. The van der Waals surface area contributed by atoms with E-state index in [4.69, 9.17) is 4.74 Å². The Hall–Kier alpha value is -1.39. The zero-order chi connectivity index (χ0) is 13.0. The van der Waals surface area contributed by atoms with Crippen LogP contribution in [0, 0.1) is 6.92 Å². The number of hydrogen-bond donors (Lipinski definition) is 1. The predicted molar refractivity (Wildman–Crippen MR) is 75.1 cm³/mol. The van der Waals surface area contributed by atoms with Gasteiger partial charge in [-0.1, -0.05) is 12.1 Å². The first kappa shape index (κ1) is 13.1. The summed E-state index contributed by atoms with van der Waals surface area (Å²) in [7, 11) is 1.68. The number of hydrogen-bond acceptors (Lipinski definition) is 4. The highest BCUT2D eigenvalue weighted by Crippen LogP contribution is 2.18. The van der Waals surface area contributed by atoms with E-state index in [1.165, 1.54) is 5.56 Å². The molecule has 0 fully saturated rings. The maximum Gasteiger partial charge on any atom is 0.118 e. The number of nitrogens with one attached hydrogen (secondary N) is 1. The van der Waals surface area contributed by atoms with Crippen LogP contribution in [0.1, 0.15) is 29.2 Å². The van der Waals surface area contributed by atoms with Crippen LogP contribution in [-0.2, 0) is 6.54 Å². The van der Waals surface area contributed by atoms with Crippen LogP contribution in [0.25, 0.3) is 0 Å². The molecule has 1 heterocycles. The van der Waals surface area contributed by atoms with Gasteiger partial charge >= 0.3 is 0 Å². The van der Waals surface area contributed by atoms with Crippen LogP contribution in [0.5, 0.6) is 5.75 Å². The quantitative estimate of drug-likeness (QED) is 0.897. The number of benzene rings is 1. The normalized spacial score (nSPS) is 12.4. The topological polar surface area (TPSA) is 34.1 Å². The minimum atomic E-state index is 0.304. The van der Waals surface area contributed by atoms with Crippen molar-refractivity contribution in [3.8, 4) is 5.75 Å². The number of ether oxygens (including phenoxy) is 1. The first-order valence-corrected chi connectivity index (χ1v) is 6.85. The fraction of sp³-hybridized carbons (Fsp3) is 0.357. The molecule has 96 valence electrons. The molecule has 0 aliphatic carbocycles. The summed E-state index contributed by atoms with van der Waals surface area (Å²) in [6.45, 7) is 4.99. The lowest BCUT2D eigenvalue weighted by Gasteiger charge is -2.13. The lowest BCUT2D eigenvalue weighted by atomic mass is 10.1. The Labute approximate surface area is 112 Å². The van der Waals surface area contributed by atoms with E-state index >= 15 is 0 Å². The predicted octanol–water partition coefficient (Wildman–Crippen LogP) is 3.31. The molecule has 2 aromatic rings. The fourth-order valence-corrected chi connectivity index (χ4v) is 2.37. The van der Waals surface area contributed by atoms with E-state index in [0.29, 0.717) is 6.04 Å². The zero-order valence-electron chi connectivity index (χ0n) is 10.9. The molecule has 1 aromatic heterocycles. The van der Waals surface area contributed by atoms with Gasteiger partial charge in [0.1, 0.15) is 5.75 Å². The summed E-state index contributed by atoms with van der Waals surface area (Å²) in [5, 5.41) is 6.68. The molecule has 1 N–H and O–H groups in total. The maximum absolute atomic E-state index is 5.15. The second kappa shape index (κ2) is 5.98. The van der Waals surface area contributed by atoms with Crippen molar-refractivity contribution in [2.24, 2.45) is 0 Å². The van der Waals surface area contributed by atoms with Crippen molar-refractivity contribution >= 4 is 11.3 Å². The van der Waals surface area contributed by atoms with Crippen molar-refractivity contribution in [2.45, 2.75) is 26.4 Å². The third kappa shape index (κ3) is 3.31. The van der Waals surface area contributed by atoms with E-state index in [1.807, 2.05) is 19.1 Å². The molecule has 0 saturated carbocycles. The van der Waals surface area contributed by atoms with Gasteiger partial charge < -0.3 is 10.1 Å². The van der Waals surface area contributed by atoms with Crippen LogP contribution in [0.2, 0.25) is 0 Å². The molecule has 2 rings (SSSR count). The molecule has 0 bridgehead atoms. The van der Waals surface area contributed by atoms with E-state index < -0.39 is 0 Å². The van der Waals surface area contributed by atoms with Crippen molar-refractivity contribution in [3.63, 3.8) is 0 Å². The van der Waals surface area contributed by atoms with Crippen LogP contribution < -0.4 is 10.1 Å². The molecule has 0 unspecified atom stereocenters. The van der Waals surface area contributed by atoms with Crippen molar-refractivity contribution in [1.29, 1.82) is 0 Å². The second-order valence-electron chi connectivity index (χ2n) is 4.23. The van der Waals surface area contributed by atoms with Crippen molar-refractivity contribution < 1.29 is 4.74 Å². The average molecular weight is 262 g/mol. The summed E-state index contributed by atoms with van der Waals surface area (Å²) in [6.07, 6.45) is 0. The van der Waals surface area contributed by atoms with E-state index in [2.05, 4.69) is 34.7 Å². The monoisotopic (exact) mass is 262 g/mol. The summed E-state index contributed by atoms with van der Waals surface area (Å²) >= 11 is 1.69. The third-order valence-corrected chi connectivity index (χ3v) is 3.69. The fourth-order valence-electron chi connectivity index (χ4n) is 1.76. The molecule has 3 nitrogen and oxygen atoms in total. The summed E-state index contributed by atoms with van der Waals surface area (Å²) in [5.74, 6) is 0.890. The highest BCUT2D eigenvalue weighted by Gasteiger charge is 2.06. The number of methoxy groups -OCH3 is 1. The van der Waals surface area contributed by atoms with E-state index in [0.717, 1.165) is 23.0 Å². The minimum Gasteiger partial charge on any atom is -0.497 e. The van der Waals surface area contributed by atoms with Crippen LogP contribution in [-0.4, -0.2) is 12.1 Å². The molecule has 1 atom stereocenters. The first-order valence-electron chi connectivity index (χ1n) is 5.97. The van der Waals surface area contributed by atoms with Gasteiger partial charge in [-0.15, -0.1) is 11.3 Å². The summed E-state index contributed by atoms with van der Waals surface area (Å²) in [4.78, 5) is 4.44. The van der Waals surface area contributed by atoms with Gasteiger partial charge in [-0.25, -0.2) is 4.98 Å². The van der Waals surface area contributed by atoms with Gasteiger partial charge in [0, 0.05) is 18.0 Å². The molecule has 0 aliphatic rings. The molecule has 18 heavy (non-hydrogen) atoms.